The molecule has 0 unspecified atom stereocenters. The molecule has 0 saturated heterocycles. The van der Waals surface area contributed by atoms with Gasteiger partial charge < -0.3 is 4.57 Å². The van der Waals surface area contributed by atoms with Crippen molar-refractivity contribution >= 4 is 35.5 Å². The number of nitrogens with one attached hydrogen (secondary N) is 1. The van der Waals surface area contributed by atoms with E-state index in [2.05, 4.69) is 10.5 Å². The quantitative estimate of drug-likeness (QED) is 0.294. The first-order valence-electron chi connectivity index (χ1n) is 8.22. The van der Waals surface area contributed by atoms with Crippen LogP contribution in [-0.4, -0.2) is 21.6 Å². The summed E-state index contributed by atoms with van der Waals surface area (Å²) in [5.74, 6) is -0.375. The first-order valence-corrected chi connectivity index (χ1v) is 8.59. The van der Waals surface area contributed by atoms with E-state index in [0.717, 1.165) is 11.3 Å². The van der Waals surface area contributed by atoms with Gasteiger partial charge in [0.1, 0.15) is 0 Å². The second kappa shape index (κ2) is 8.79. The van der Waals surface area contributed by atoms with Crippen LogP contribution >= 0.6 is 11.6 Å². The van der Waals surface area contributed by atoms with E-state index in [1.54, 1.807) is 59.3 Å². The SMILES string of the molecule is O=C(/C=C/c1ccc(Cl)cc1)N/N=C/c1cccn1-c1ccc([N+](=O)[O-])cc1. The Morgan fingerprint density at radius 2 is 1.82 bits per heavy atom. The summed E-state index contributed by atoms with van der Waals surface area (Å²) in [4.78, 5) is 22.2. The Bertz CT molecular complexity index is 1040. The van der Waals surface area contributed by atoms with Gasteiger partial charge in [0, 0.05) is 35.1 Å². The number of nitro benzene ring substituents is 1. The largest absolute Gasteiger partial charge is 0.316 e. The van der Waals surface area contributed by atoms with E-state index >= 15 is 0 Å². The fraction of sp³-hybridized carbons (Fsp3) is 0. The molecule has 0 radical (unpaired) electrons. The average molecular weight is 395 g/mol. The van der Waals surface area contributed by atoms with Crippen LogP contribution in [0.5, 0.6) is 0 Å². The maximum Gasteiger partial charge on any atom is 0.269 e. The molecule has 0 saturated carbocycles. The van der Waals surface area contributed by atoms with Gasteiger partial charge >= 0.3 is 0 Å². The number of amides is 1. The lowest BCUT2D eigenvalue weighted by atomic mass is 10.2. The van der Waals surface area contributed by atoms with E-state index in [9.17, 15) is 14.9 Å². The van der Waals surface area contributed by atoms with E-state index < -0.39 is 4.92 Å². The van der Waals surface area contributed by atoms with Crippen LogP contribution in [0.1, 0.15) is 11.3 Å². The summed E-state index contributed by atoms with van der Waals surface area (Å²) in [5, 5.41) is 15.3. The second-order valence-electron chi connectivity index (χ2n) is 5.70. The highest BCUT2D eigenvalue weighted by Crippen LogP contribution is 2.17. The number of nitro groups is 1. The van der Waals surface area contributed by atoms with E-state index in [0.29, 0.717) is 10.7 Å². The predicted octanol–water partition coefficient (Wildman–Crippen LogP) is 4.20. The maximum absolute atomic E-state index is 11.9. The van der Waals surface area contributed by atoms with E-state index in [-0.39, 0.29) is 11.6 Å². The Kier molecular flexibility index (Phi) is 5.98. The first kappa shape index (κ1) is 19.1. The number of hydrogen-bond donors (Lipinski definition) is 1. The highest BCUT2D eigenvalue weighted by atomic mass is 35.5. The molecular weight excluding hydrogens is 380 g/mol. The maximum atomic E-state index is 11.9. The van der Waals surface area contributed by atoms with E-state index in [4.69, 9.17) is 11.6 Å². The molecule has 0 atom stereocenters. The van der Waals surface area contributed by atoms with Crippen molar-refractivity contribution < 1.29 is 9.72 Å². The Morgan fingerprint density at radius 3 is 2.50 bits per heavy atom. The highest BCUT2D eigenvalue weighted by molar-refractivity contribution is 6.30. The predicted molar refractivity (Wildman–Crippen MR) is 109 cm³/mol. The molecule has 1 N–H and O–H groups in total. The molecule has 140 valence electrons. The third kappa shape index (κ3) is 4.93. The summed E-state index contributed by atoms with van der Waals surface area (Å²) >= 11 is 5.82. The molecule has 2 aromatic carbocycles. The molecular formula is C20H15ClN4O3. The number of benzene rings is 2. The number of halogens is 1. The molecule has 0 fully saturated rings. The minimum Gasteiger partial charge on any atom is -0.316 e. The summed E-state index contributed by atoms with van der Waals surface area (Å²) in [6.45, 7) is 0. The minimum atomic E-state index is -0.450. The number of non-ortho nitro benzene ring substituents is 1. The van der Waals surface area contributed by atoms with Crippen LogP contribution in [0.2, 0.25) is 5.02 Å². The van der Waals surface area contributed by atoms with Gasteiger partial charge in [-0.1, -0.05) is 23.7 Å². The van der Waals surface area contributed by atoms with Gasteiger partial charge in [-0.3, -0.25) is 14.9 Å². The minimum absolute atomic E-state index is 0.0193. The molecule has 0 aliphatic carbocycles. The van der Waals surface area contributed by atoms with Gasteiger partial charge in [-0.25, -0.2) is 5.43 Å². The second-order valence-corrected chi connectivity index (χ2v) is 6.13. The molecule has 1 aromatic heterocycles. The molecule has 1 heterocycles. The molecule has 0 aliphatic rings. The Balaban J connectivity index is 1.63. The summed E-state index contributed by atoms with van der Waals surface area (Å²) < 4.78 is 1.79. The molecule has 7 nitrogen and oxygen atoms in total. The van der Waals surface area contributed by atoms with Gasteiger partial charge in [0.05, 0.1) is 16.8 Å². The zero-order valence-corrected chi connectivity index (χ0v) is 15.3. The fourth-order valence-electron chi connectivity index (χ4n) is 2.41. The van der Waals surface area contributed by atoms with Crippen molar-refractivity contribution in [1.29, 1.82) is 0 Å². The summed E-state index contributed by atoms with van der Waals surface area (Å²) in [7, 11) is 0. The number of carbonyl (C=O) groups excluding carboxylic acids is 1. The fourth-order valence-corrected chi connectivity index (χ4v) is 2.54. The number of carbonyl (C=O) groups is 1. The van der Waals surface area contributed by atoms with Gasteiger partial charge in [-0.05, 0) is 48.0 Å². The van der Waals surface area contributed by atoms with Crippen molar-refractivity contribution in [2.45, 2.75) is 0 Å². The van der Waals surface area contributed by atoms with Gasteiger partial charge in [0.15, 0.2) is 0 Å². The van der Waals surface area contributed by atoms with Crippen molar-refractivity contribution in [3.63, 3.8) is 0 Å². The molecule has 0 spiro atoms. The van der Waals surface area contributed by atoms with Crippen LogP contribution in [0.25, 0.3) is 11.8 Å². The topological polar surface area (TPSA) is 89.5 Å². The molecule has 8 heteroatoms. The monoisotopic (exact) mass is 394 g/mol. The van der Waals surface area contributed by atoms with Crippen molar-refractivity contribution in [3.05, 3.63) is 99.3 Å². The van der Waals surface area contributed by atoms with Crippen molar-refractivity contribution in [2.24, 2.45) is 5.10 Å². The number of nitrogens with zero attached hydrogens (tertiary/aromatic N) is 3. The van der Waals surface area contributed by atoms with Gasteiger partial charge in [-0.2, -0.15) is 5.10 Å². The molecule has 3 aromatic rings. The normalized spacial score (nSPS) is 11.2. The third-order valence-corrected chi connectivity index (χ3v) is 4.04. The zero-order chi connectivity index (χ0) is 19.9. The van der Waals surface area contributed by atoms with Crippen molar-refractivity contribution in [1.82, 2.24) is 9.99 Å². The zero-order valence-electron chi connectivity index (χ0n) is 14.5. The summed E-state index contributed by atoms with van der Waals surface area (Å²) in [6, 6.07) is 16.8. The molecule has 1 amide bonds. The van der Waals surface area contributed by atoms with Crippen LogP contribution in [-0.2, 0) is 4.79 Å². The lowest BCUT2D eigenvalue weighted by molar-refractivity contribution is -0.384. The molecule has 0 bridgehead atoms. The molecule has 3 rings (SSSR count). The van der Waals surface area contributed by atoms with Gasteiger partial charge in [-0.15, -0.1) is 0 Å². The van der Waals surface area contributed by atoms with Crippen molar-refractivity contribution in [3.8, 4) is 5.69 Å². The highest BCUT2D eigenvalue weighted by Gasteiger charge is 2.06. The number of hydrogen-bond acceptors (Lipinski definition) is 4. The Hall–Kier alpha value is -3.71. The number of hydrazone groups is 1. The van der Waals surface area contributed by atoms with Crippen LogP contribution in [0.4, 0.5) is 5.69 Å². The smallest absolute Gasteiger partial charge is 0.269 e. The standard InChI is InChI=1S/C20H15ClN4O3/c21-16-6-3-15(4-7-16)5-12-20(26)23-22-14-19-2-1-13-24(19)17-8-10-18(11-9-17)25(27)28/h1-14H,(H,23,26)/b12-5+,22-14+. The average Bonchev–Trinajstić information content (AvgIpc) is 3.16. The number of aromatic nitrogens is 1. The van der Waals surface area contributed by atoms with Crippen LogP contribution < -0.4 is 5.43 Å². The van der Waals surface area contributed by atoms with E-state index in [1.807, 2.05) is 6.07 Å². The Labute approximate surface area is 165 Å². The molecule has 28 heavy (non-hydrogen) atoms. The summed E-state index contributed by atoms with van der Waals surface area (Å²) in [6.07, 6.45) is 6.32. The lowest BCUT2D eigenvalue weighted by Crippen LogP contribution is -2.14. The number of rotatable bonds is 6. The van der Waals surface area contributed by atoms with Crippen LogP contribution in [0.15, 0.2) is 78.0 Å². The van der Waals surface area contributed by atoms with E-state index in [1.165, 1.54) is 24.4 Å². The van der Waals surface area contributed by atoms with Crippen LogP contribution in [0, 0.1) is 10.1 Å². The van der Waals surface area contributed by atoms with Crippen molar-refractivity contribution in [2.75, 3.05) is 0 Å². The van der Waals surface area contributed by atoms with Gasteiger partial charge in [0.2, 0.25) is 0 Å². The summed E-state index contributed by atoms with van der Waals surface area (Å²) in [5.41, 5.74) is 4.73. The third-order valence-electron chi connectivity index (χ3n) is 3.79. The molecule has 0 aliphatic heterocycles. The van der Waals surface area contributed by atoms with Gasteiger partial charge in [0.25, 0.3) is 11.6 Å². The lowest BCUT2D eigenvalue weighted by Gasteiger charge is -2.05. The first-order chi connectivity index (χ1) is 13.5. The Morgan fingerprint density at radius 1 is 1.11 bits per heavy atom. The van der Waals surface area contributed by atoms with Crippen LogP contribution in [0.3, 0.4) is 0 Å².